The van der Waals surface area contributed by atoms with E-state index in [0.29, 0.717) is 12.6 Å². The summed E-state index contributed by atoms with van der Waals surface area (Å²) in [4.78, 5) is 2.69. The number of likely N-dealkylation sites (N-methyl/N-ethyl adjacent to an activating group) is 1. The lowest BCUT2D eigenvalue weighted by atomic mass is 10.1. The van der Waals surface area contributed by atoms with Crippen LogP contribution in [0.1, 0.15) is 13.3 Å². The van der Waals surface area contributed by atoms with Crippen LogP contribution in [0.15, 0.2) is 0 Å². The highest BCUT2D eigenvalue weighted by Crippen LogP contribution is 2.27. The van der Waals surface area contributed by atoms with Crippen molar-refractivity contribution in [2.24, 2.45) is 0 Å². The van der Waals surface area contributed by atoms with Crippen molar-refractivity contribution >= 4 is 15.9 Å². The summed E-state index contributed by atoms with van der Waals surface area (Å²) in [6.45, 7) is 4.40. The van der Waals surface area contributed by atoms with E-state index in [1.807, 2.05) is 11.9 Å². The molecular weight excluding hydrogens is 285 g/mol. The molecular formula is C10H18BrF3N2. The summed E-state index contributed by atoms with van der Waals surface area (Å²) in [5, 5.41) is 0. The molecule has 16 heavy (non-hydrogen) atoms. The van der Waals surface area contributed by atoms with E-state index in [-0.39, 0.29) is 6.54 Å². The second kappa shape index (κ2) is 5.69. The van der Waals surface area contributed by atoms with Crippen LogP contribution in [0.5, 0.6) is 0 Å². The van der Waals surface area contributed by atoms with E-state index >= 15 is 0 Å². The highest BCUT2D eigenvalue weighted by atomic mass is 79.9. The second-order valence-electron chi connectivity index (χ2n) is 4.31. The van der Waals surface area contributed by atoms with E-state index < -0.39 is 11.0 Å². The Kier molecular flexibility index (Phi) is 5.07. The predicted octanol–water partition coefficient (Wildman–Crippen LogP) is 2.34. The molecule has 0 amide bonds. The maximum absolute atomic E-state index is 12.4. The number of alkyl halides is 4. The van der Waals surface area contributed by atoms with Gasteiger partial charge in [-0.05, 0) is 13.5 Å². The fourth-order valence-electron chi connectivity index (χ4n) is 1.95. The van der Waals surface area contributed by atoms with Crippen molar-refractivity contribution in [2.45, 2.75) is 30.4 Å². The maximum Gasteiger partial charge on any atom is 0.402 e. The lowest BCUT2D eigenvalue weighted by Gasteiger charge is -2.39. The minimum absolute atomic E-state index is 0.0494. The molecule has 0 aliphatic carbocycles. The first kappa shape index (κ1) is 14.3. The van der Waals surface area contributed by atoms with Gasteiger partial charge in [-0.1, -0.05) is 22.9 Å². The van der Waals surface area contributed by atoms with Gasteiger partial charge in [-0.25, -0.2) is 0 Å². The number of piperazine rings is 1. The van der Waals surface area contributed by atoms with E-state index in [2.05, 4.69) is 27.8 Å². The molecule has 1 rings (SSSR count). The van der Waals surface area contributed by atoms with Gasteiger partial charge in [0.25, 0.3) is 0 Å². The van der Waals surface area contributed by atoms with E-state index in [9.17, 15) is 13.2 Å². The van der Waals surface area contributed by atoms with Crippen molar-refractivity contribution < 1.29 is 13.2 Å². The Morgan fingerprint density at radius 1 is 1.38 bits per heavy atom. The van der Waals surface area contributed by atoms with Crippen molar-refractivity contribution in [1.29, 1.82) is 0 Å². The summed E-state index contributed by atoms with van der Waals surface area (Å²) < 4.78 is 37.1. The van der Waals surface area contributed by atoms with Gasteiger partial charge < -0.3 is 4.90 Å². The topological polar surface area (TPSA) is 6.48 Å². The summed E-state index contributed by atoms with van der Waals surface area (Å²) in [6.07, 6.45) is -3.17. The normalized spacial score (nSPS) is 27.0. The molecule has 2 nitrogen and oxygen atoms in total. The smallest absolute Gasteiger partial charge is 0.301 e. The van der Waals surface area contributed by atoms with Crippen LogP contribution in [0.25, 0.3) is 0 Å². The van der Waals surface area contributed by atoms with E-state index in [1.165, 1.54) is 0 Å². The molecule has 96 valence electrons. The Bertz CT molecular complexity index is 223. The minimum atomic E-state index is -4.15. The van der Waals surface area contributed by atoms with Gasteiger partial charge in [0.15, 0.2) is 0 Å². The van der Waals surface area contributed by atoms with Crippen molar-refractivity contribution in [3.63, 3.8) is 0 Å². The lowest BCUT2D eigenvalue weighted by molar-refractivity contribution is -0.131. The number of rotatable bonds is 3. The third-order valence-electron chi connectivity index (χ3n) is 3.11. The first-order chi connectivity index (χ1) is 7.34. The number of halogens is 4. The minimum Gasteiger partial charge on any atom is -0.301 e. The monoisotopic (exact) mass is 302 g/mol. The van der Waals surface area contributed by atoms with Gasteiger partial charge in [0.05, 0.1) is 0 Å². The third-order valence-corrected chi connectivity index (χ3v) is 3.91. The molecule has 2 unspecified atom stereocenters. The average Bonchev–Trinajstić information content (AvgIpc) is 2.19. The zero-order valence-electron chi connectivity index (χ0n) is 9.60. The van der Waals surface area contributed by atoms with Crippen molar-refractivity contribution in [3.8, 4) is 0 Å². The molecule has 6 heteroatoms. The molecule has 1 fully saturated rings. The lowest BCUT2D eigenvalue weighted by Crippen LogP contribution is -2.53. The highest BCUT2D eigenvalue weighted by molar-refractivity contribution is 9.09. The van der Waals surface area contributed by atoms with Gasteiger partial charge in [-0.15, -0.1) is 0 Å². The van der Waals surface area contributed by atoms with Crippen molar-refractivity contribution in [3.05, 3.63) is 0 Å². The Hall–Kier alpha value is 0.190. The number of hydrogen-bond acceptors (Lipinski definition) is 2. The summed E-state index contributed by atoms with van der Waals surface area (Å²) in [5.41, 5.74) is 0. The van der Waals surface area contributed by atoms with Gasteiger partial charge >= 0.3 is 6.18 Å². The quantitative estimate of drug-likeness (QED) is 0.739. The molecule has 2 atom stereocenters. The zero-order chi connectivity index (χ0) is 12.3. The highest BCUT2D eigenvalue weighted by Gasteiger charge is 2.39. The van der Waals surface area contributed by atoms with Crippen LogP contribution in [0, 0.1) is 0 Å². The largest absolute Gasteiger partial charge is 0.402 e. The molecule has 0 aromatic rings. The fraction of sp³-hybridized carbons (Fsp3) is 1.00. The van der Waals surface area contributed by atoms with Gasteiger partial charge in [0, 0.05) is 32.2 Å². The molecule has 1 saturated heterocycles. The molecule has 0 radical (unpaired) electrons. The van der Waals surface area contributed by atoms with Crippen LogP contribution in [-0.2, 0) is 0 Å². The predicted molar refractivity (Wildman–Crippen MR) is 61.9 cm³/mol. The molecule has 1 heterocycles. The molecule has 0 aromatic carbocycles. The number of nitrogens with zero attached hydrogens (tertiary/aromatic N) is 2. The Labute approximate surface area is 103 Å². The van der Waals surface area contributed by atoms with Crippen molar-refractivity contribution in [2.75, 3.05) is 33.2 Å². The summed E-state index contributed by atoms with van der Waals surface area (Å²) in [6, 6.07) is 0.377. The van der Waals surface area contributed by atoms with Crippen LogP contribution < -0.4 is 0 Å². The van der Waals surface area contributed by atoms with Crippen molar-refractivity contribution in [1.82, 2.24) is 9.80 Å². The first-order valence-corrected chi connectivity index (χ1v) is 6.39. The van der Waals surface area contributed by atoms with Gasteiger partial charge in [-0.3, -0.25) is 4.90 Å². The Morgan fingerprint density at radius 3 is 2.50 bits per heavy atom. The van der Waals surface area contributed by atoms with Gasteiger partial charge in [0.2, 0.25) is 0 Å². The third kappa shape index (κ3) is 3.89. The Morgan fingerprint density at radius 2 is 2.00 bits per heavy atom. The van der Waals surface area contributed by atoms with Crippen LogP contribution in [0.3, 0.4) is 0 Å². The second-order valence-corrected chi connectivity index (χ2v) is 5.42. The zero-order valence-corrected chi connectivity index (χ0v) is 11.2. The molecule has 1 aliphatic heterocycles. The summed E-state index contributed by atoms with van der Waals surface area (Å²) in [7, 11) is 2.03. The molecule has 1 aliphatic rings. The molecule has 0 bridgehead atoms. The van der Waals surface area contributed by atoms with Gasteiger partial charge in [-0.2, -0.15) is 13.2 Å². The van der Waals surface area contributed by atoms with Crippen LogP contribution in [0.4, 0.5) is 13.2 Å². The van der Waals surface area contributed by atoms with E-state index in [0.717, 1.165) is 19.5 Å². The Balaban J connectivity index is 2.44. The number of hydrogen-bond donors (Lipinski definition) is 0. The maximum atomic E-state index is 12.4. The molecule has 0 saturated carbocycles. The SMILES string of the molecule is CCC1CN(CC(Br)C(F)(F)F)CCN1C. The van der Waals surface area contributed by atoms with Crippen LogP contribution >= 0.6 is 15.9 Å². The van der Waals surface area contributed by atoms with Crippen LogP contribution in [-0.4, -0.2) is 60.1 Å². The first-order valence-electron chi connectivity index (χ1n) is 5.48. The van der Waals surface area contributed by atoms with E-state index in [1.54, 1.807) is 0 Å². The molecule has 0 aromatic heterocycles. The van der Waals surface area contributed by atoms with Gasteiger partial charge in [0.1, 0.15) is 4.83 Å². The van der Waals surface area contributed by atoms with E-state index in [4.69, 9.17) is 0 Å². The van der Waals surface area contributed by atoms with Crippen LogP contribution in [0.2, 0.25) is 0 Å². The summed E-state index contributed by atoms with van der Waals surface area (Å²) >= 11 is 2.71. The fourth-order valence-corrected chi connectivity index (χ4v) is 2.36. The summed E-state index contributed by atoms with van der Waals surface area (Å²) in [5.74, 6) is 0. The molecule has 0 N–H and O–H groups in total. The standard InChI is InChI=1S/C10H18BrF3N2/c1-3-8-6-16(5-4-15(8)2)7-9(11)10(12,13)14/h8-9H,3-7H2,1-2H3. The average molecular weight is 303 g/mol. The molecule has 0 spiro atoms.